The maximum Gasteiger partial charge on any atom is 0.246 e. The molecule has 2 rings (SSSR count). The van der Waals surface area contributed by atoms with Gasteiger partial charge in [0.05, 0.1) is 0 Å². The standard InChI is InChI=1S/C11H20N4O2S/c1-3-15-7-10(11(12)13-15)18(16,17)14-8(2)9-5-4-6-9/h7-9,14H,3-6H2,1-2H3,(H2,12,13). The Hall–Kier alpha value is -1.08. The third kappa shape index (κ3) is 2.51. The fourth-order valence-corrected chi connectivity index (χ4v) is 3.52. The molecule has 0 amide bonds. The summed E-state index contributed by atoms with van der Waals surface area (Å²) < 4.78 is 28.6. The second-order valence-electron chi connectivity index (χ2n) is 4.84. The first-order valence-corrected chi connectivity index (χ1v) is 7.77. The number of sulfonamides is 1. The van der Waals surface area contributed by atoms with Crippen LogP contribution in [-0.4, -0.2) is 24.2 Å². The number of aryl methyl sites for hydroxylation is 1. The van der Waals surface area contributed by atoms with Crippen LogP contribution >= 0.6 is 0 Å². The van der Waals surface area contributed by atoms with E-state index in [0.29, 0.717) is 12.5 Å². The summed E-state index contributed by atoms with van der Waals surface area (Å²) in [6.45, 7) is 4.38. The number of hydrogen-bond donors (Lipinski definition) is 2. The van der Waals surface area contributed by atoms with Gasteiger partial charge in [0.25, 0.3) is 0 Å². The summed E-state index contributed by atoms with van der Waals surface area (Å²) in [5.41, 5.74) is 5.65. The lowest BCUT2D eigenvalue weighted by molar-refractivity contribution is 0.260. The van der Waals surface area contributed by atoms with Crippen LogP contribution in [0, 0.1) is 5.92 Å². The molecule has 0 saturated heterocycles. The molecule has 1 atom stereocenters. The Labute approximate surface area is 108 Å². The Bertz CT molecular complexity index is 519. The van der Waals surface area contributed by atoms with Crippen LogP contribution in [0.1, 0.15) is 33.1 Å². The van der Waals surface area contributed by atoms with Gasteiger partial charge in [0.15, 0.2) is 5.82 Å². The number of nitrogens with two attached hydrogens (primary N) is 1. The van der Waals surface area contributed by atoms with Crippen molar-refractivity contribution in [2.45, 2.75) is 50.6 Å². The van der Waals surface area contributed by atoms with Crippen molar-refractivity contribution < 1.29 is 8.42 Å². The third-order valence-electron chi connectivity index (χ3n) is 3.57. The highest BCUT2D eigenvalue weighted by molar-refractivity contribution is 7.89. The fraction of sp³-hybridized carbons (Fsp3) is 0.727. The van der Waals surface area contributed by atoms with Crippen LogP contribution < -0.4 is 10.5 Å². The Kier molecular flexibility index (Phi) is 3.63. The van der Waals surface area contributed by atoms with Crippen molar-refractivity contribution >= 4 is 15.8 Å². The summed E-state index contributed by atoms with van der Waals surface area (Å²) in [6.07, 6.45) is 4.85. The lowest BCUT2D eigenvalue weighted by Gasteiger charge is -2.31. The minimum atomic E-state index is -3.56. The van der Waals surface area contributed by atoms with Crippen molar-refractivity contribution in [2.75, 3.05) is 5.73 Å². The Morgan fingerprint density at radius 3 is 2.72 bits per heavy atom. The predicted molar refractivity (Wildman–Crippen MR) is 69.4 cm³/mol. The minimum absolute atomic E-state index is 0.0480. The molecule has 7 heteroatoms. The van der Waals surface area contributed by atoms with E-state index in [0.717, 1.165) is 12.8 Å². The molecule has 0 aromatic carbocycles. The number of aromatic nitrogens is 2. The van der Waals surface area contributed by atoms with Crippen LogP contribution in [0.3, 0.4) is 0 Å². The molecule has 1 aliphatic carbocycles. The van der Waals surface area contributed by atoms with Gasteiger partial charge in [-0.15, -0.1) is 0 Å². The quantitative estimate of drug-likeness (QED) is 0.835. The van der Waals surface area contributed by atoms with Gasteiger partial charge in [-0.3, -0.25) is 4.68 Å². The van der Waals surface area contributed by atoms with E-state index >= 15 is 0 Å². The minimum Gasteiger partial charge on any atom is -0.381 e. The highest BCUT2D eigenvalue weighted by Gasteiger charge is 2.29. The van der Waals surface area contributed by atoms with Gasteiger partial charge >= 0.3 is 0 Å². The molecular weight excluding hydrogens is 252 g/mol. The zero-order valence-corrected chi connectivity index (χ0v) is 11.6. The smallest absolute Gasteiger partial charge is 0.246 e. The van der Waals surface area contributed by atoms with E-state index in [1.54, 1.807) is 0 Å². The van der Waals surface area contributed by atoms with Crippen LogP contribution in [0.25, 0.3) is 0 Å². The van der Waals surface area contributed by atoms with Crippen molar-refractivity contribution in [2.24, 2.45) is 5.92 Å². The zero-order chi connectivity index (χ0) is 13.3. The first kappa shape index (κ1) is 13.4. The SMILES string of the molecule is CCn1cc(S(=O)(=O)NC(C)C2CCC2)c(N)n1. The number of rotatable bonds is 5. The van der Waals surface area contributed by atoms with Crippen molar-refractivity contribution in [3.8, 4) is 0 Å². The van der Waals surface area contributed by atoms with Crippen LogP contribution in [0.5, 0.6) is 0 Å². The molecule has 1 saturated carbocycles. The molecule has 6 nitrogen and oxygen atoms in total. The molecule has 0 radical (unpaired) electrons. The summed E-state index contributed by atoms with van der Waals surface area (Å²) in [5, 5.41) is 3.96. The number of nitrogens with zero attached hydrogens (tertiary/aromatic N) is 2. The molecule has 1 aliphatic rings. The molecule has 0 spiro atoms. The molecule has 18 heavy (non-hydrogen) atoms. The van der Waals surface area contributed by atoms with Crippen LogP contribution in [0.4, 0.5) is 5.82 Å². The Morgan fingerprint density at radius 2 is 2.28 bits per heavy atom. The molecule has 1 fully saturated rings. The molecule has 0 aliphatic heterocycles. The van der Waals surface area contributed by atoms with E-state index in [1.165, 1.54) is 17.3 Å². The van der Waals surface area contributed by atoms with Gasteiger partial charge in [0.1, 0.15) is 4.90 Å². The number of nitrogen functional groups attached to an aromatic ring is 1. The van der Waals surface area contributed by atoms with E-state index < -0.39 is 10.0 Å². The lowest BCUT2D eigenvalue weighted by Crippen LogP contribution is -2.40. The van der Waals surface area contributed by atoms with Gasteiger partial charge in [0.2, 0.25) is 10.0 Å². The highest BCUT2D eigenvalue weighted by Crippen LogP contribution is 2.30. The second-order valence-corrected chi connectivity index (χ2v) is 6.52. The summed E-state index contributed by atoms with van der Waals surface area (Å²) in [6, 6.07) is -0.0480. The monoisotopic (exact) mass is 272 g/mol. The third-order valence-corrected chi connectivity index (χ3v) is 5.14. The second kappa shape index (κ2) is 4.89. The van der Waals surface area contributed by atoms with Gasteiger partial charge in [-0.25, -0.2) is 13.1 Å². The van der Waals surface area contributed by atoms with Crippen LogP contribution in [0.2, 0.25) is 0 Å². The average Bonchev–Trinajstić information content (AvgIpc) is 2.56. The maximum absolute atomic E-state index is 12.2. The number of anilines is 1. The normalized spacial score (nSPS) is 18.6. The molecule has 3 N–H and O–H groups in total. The first-order valence-electron chi connectivity index (χ1n) is 6.29. The molecule has 0 bridgehead atoms. The van der Waals surface area contributed by atoms with Gasteiger partial charge in [-0.2, -0.15) is 5.10 Å². The zero-order valence-electron chi connectivity index (χ0n) is 10.8. The molecule has 1 aromatic heterocycles. The number of hydrogen-bond acceptors (Lipinski definition) is 4. The van der Waals surface area contributed by atoms with Crippen LogP contribution in [-0.2, 0) is 16.6 Å². The summed E-state index contributed by atoms with van der Waals surface area (Å²) in [5.74, 6) is 0.507. The average molecular weight is 272 g/mol. The Balaban J connectivity index is 2.16. The van der Waals surface area contributed by atoms with E-state index in [2.05, 4.69) is 9.82 Å². The fourth-order valence-electron chi connectivity index (χ4n) is 2.13. The van der Waals surface area contributed by atoms with Gasteiger partial charge in [-0.1, -0.05) is 6.42 Å². The van der Waals surface area contributed by atoms with E-state index in [1.807, 2.05) is 13.8 Å². The van der Waals surface area contributed by atoms with Crippen molar-refractivity contribution in [1.82, 2.24) is 14.5 Å². The van der Waals surface area contributed by atoms with E-state index in [4.69, 9.17) is 5.73 Å². The predicted octanol–water partition coefficient (Wildman–Crippen LogP) is 0.952. The van der Waals surface area contributed by atoms with Crippen molar-refractivity contribution in [3.05, 3.63) is 6.20 Å². The molecule has 1 heterocycles. The van der Waals surface area contributed by atoms with Gasteiger partial charge in [-0.05, 0) is 32.6 Å². The maximum atomic E-state index is 12.2. The topological polar surface area (TPSA) is 90.0 Å². The van der Waals surface area contributed by atoms with Gasteiger partial charge < -0.3 is 5.73 Å². The largest absolute Gasteiger partial charge is 0.381 e. The van der Waals surface area contributed by atoms with Crippen molar-refractivity contribution in [1.29, 1.82) is 0 Å². The van der Waals surface area contributed by atoms with E-state index in [9.17, 15) is 8.42 Å². The van der Waals surface area contributed by atoms with Crippen LogP contribution in [0.15, 0.2) is 11.1 Å². The molecular formula is C11H20N4O2S. The lowest BCUT2D eigenvalue weighted by atomic mass is 9.81. The molecule has 102 valence electrons. The Morgan fingerprint density at radius 1 is 1.61 bits per heavy atom. The highest BCUT2D eigenvalue weighted by atomic mass is 32.2. The summed E-state index contributed by atoms with van der Waals surface area (Å²) in [7, 11) is -3.56. The molecule has 1 unspecified atom stereocenters. The first-order chi connectivity index (χ1) is 8.44. The molecule has 1 aromatic rings. The van der Waals surface area contributed by atoms with Gasteiger partial charge in [0, 0.05) is 18.8 Å². The summed E-state index contributed by atoms with van der Waals surface area (Å²) >= 11 is 0. The van der Waals surface area contributed by atoms with E-state index in [-0.39, 0.29) is 16.8 Å². The van der Waals surface area contributed by atoms with Crippen molar-refractivity contribution in [3.63, 3.8) is 0 Å². The number of nitrogens with one attached hydrogen (secondary N) is 1. The summed E-state index contributed by atoms with van der Waals surface area (Å²) in [4.78, 5) is 0.0792.